The lowest BCUT2D eigenvalue weighted by Crippen LogP contribution is -2.45. The van der Waals surface area contributed by atoms with E-state index in [1.54, 1.807) is 57.2 Å². The first kappa shape index (κ1) is 28.5. The van der Waals surface area contributed by atoms with Crippen molar-refractivity contribution in [2.24, 2.45) is 5.41 Å². The van der Waals surface area contributed by atoms with E-state index in [1.165, 1.54) is 29.9 Å². The first-order chi connectivity index (χ1) is 19.0. The van der Waals surface area contributed by atoms with Crippen LogP contribution in [-0.2, 0) is 22.6 Å². The Labute approximate surface area is 234 Å². The van der Waals surface area contributed by atoms with Crippen molar-refractivity contribution in [3.8, 4) is 11.6 Å². The Bertz CT molecular complexity index is 1650. The molecule has 0 aliphatic rings. The largest absolute Gasteiger partial charge is 0.469 e. The van der Waals surface area contributed by atoms with Crippen LogP contribution >= 0.6 is 11.6 Å². The third kappa shape index (κ3) is 6.55. The average molecular weight is 568 g/mol. The highest BCUT2D eigenvalue weighted by atomic mass is 35.5. The van der Waals surface area contributed by atoms with Gasteiger partial charge >= 0.3 is 11.7 Å². The number of nitrogens with zero attached hydrogens (tertiary/aromatic N) is 4. The standard InChI is InChI=1S/C28H27ClFN5O5/c1-17-21(40-24-12-9-20(30)14-31-24)10-11-22(32-17)33-23-13-25(36)35(16-28(2,3)26(37)39-4)27(38)34(23)15-18-5-7-19(29)8-6-18/h5-14H,15-16H2,1-4H3,(H,32,33). The first-order valence-corrected chi connectivity index (χ1v) is 12.6. The van der Waals surface area contributed by atoms with Gasteiger partial charge in [0.25, 0.3) is 5.56 Å². The van der Waals surface area contributed by atoms with Crippen LogP contribution in [0.4, 0.5) is 16.0 Å². The maximum absolute atomic E-state index is 13.6. The van der Waals surface area contributed by atoms with Crippen LogP contribution in [0.1, 0.15) is 25.1 Å². The summed E-state index contributed by atoms with van der Waals surface area (Å²) < 4.78 is 26.1. The van der Waals surface area contributed by atoms with E-state index >= 15 is 0 Å². The van der Waals surface area contributed by atoms with Crippen molar-refractivity contribution in [3.63, 3.8) is 0 Å². The second kappa shape index (κ2) is 11.7. The Kier molecular flexibility index (Phi) is 8.34. The predicted octanol–water partition coefficient (Wildman–Crippen LogP) is 4.68. The van der Waals surface area contributed by atoms with E-state index in [-0.39, 0.29) is 24.8 Å². The smallest absolute Gasteiger partial charge is 0.332 e. The molecule has 1 N–H and O–H groups in total. The number of methoxy groups -OCH3 is 1. The van der Waals surface area contributed by atoms with E-state index in [4.69, 9.17) is 21.1 Å². The van der Waals surface area contributed by atoms with E-state index < -0.39 is 28.5 Å². The fourth-order valence-electron chi connectivity index (χ4n) is 3.92. The highest BCUT2D eigenvalue weighted by Crippen LogP contribution is 2.25. The summed E-state index contributed by atoms with van der Waals surface area (Å²) >= 11 is 6.02. The van der Waals surface area contributed by atoms with E-state index in [9.17, 15) is 18.8 Å². The van der Waals surface area contributed by atoms with Crippen molar-refractivity contribution >= 4 is 29.2 Å². The summed E-state index contributed by atoms with van der Waals surface area (Å²) in [5.74, 6) is 0.0854. The first-order valence-electron chi connectivity index (χ1n) is 12.2. The molecule has 0 bridgehead atoms. The number of aromatic nitrogens is 4. The molecular weight excluding hydrogens is 541 g/mol. The van der Waals surface area contributed by atoms with Crippen molar-refractivity contribution in [1.82, 2.24) is 19.1 Å². The van der Waals surface area contributed by atoms with Crippen LogP contribution < -0.4 is 21.3 Å². The summed E-state index contributed by atoms with van der Waals surface area (Å²) in [7, 11) is 1.25. The van der Waals surface area contributed by atoms with E-state index in [1.807, 2.05) is 0 Å². The summed E-state index contributed by atoms with van der Waals surface area (Å²) in [5, 5.41) is 3.59. The molecule has 4 aromatic rings. The quantitative estimate of drug-likeness (QED) is 0.290. The van der Waals surface area contributed by atoms with Crippen LogP contribution in [0.2, 0.25) is 5.02 Å². The molecule has 0 spiro atoms. The maximum atomic E-state index is 13.6. The molecule has 4 rings (SSSR count). The van der Waals surface area contributed by atoms with Gasteiger partial charge in [-0.05, 0) is 56.7 Å². The van der Waals surface area contributed by atoms with Crippen LogP contribution in [0, 0.1) is 18.2 Å². The van der Waals surface area contributed by atoms with Gasteiger partial charge in [-0.25, -0.2) is 19.2 Å². The molecule has 0 fully saturated rings. The van der Waals surface area contributed by atoms with Gasteiger partial charge in [-0.1, -0.05) is 23.7 Å². The number of esters is 1. The van der Waals surface area contributed by atoms with Gasteiger partial charge in [-0.15, -0.1) is 0 Å². The van der Waals surface area contributed by atoms with Crippen molar-refractivity contribution in [1.29, 1.82) is 0 Å². The lowest BCUT2D eigenvalue weighted by molar-refractivity contribution is -0.151. The summed E-state index contributed by atoms with van der Waals surface area (Å²) in [6.45, 7) is 4.82. The Morgan fingerprint density at radius 1 is 1.07 bits per heavy atom. The summed E-state index contributed by atoms with van der Waals surface area (Å²) in [6, 6.07) is 14.1. The molecule has 1 aromatic carbocycles. The molecule has 0 aliphatic carbocycles. The van der Waals surface area contributed by atoms with Gasteiger partial charge < -0.3 is 14.8 Å². The van der Waals surface area contributed by atoms with E-state index in [0.717, 1.165) is 16.3 Å². The highest BCUT2D eigenvalue weighted by Gasteiger charge is 2.31. The Balaban J connectivity index is 1.71. The molecule has 0 saturated carbocycles. The molecule has 0 saturated heterocycles. The summed E-state index contributed by atoms with van der Waals surface area (Å²) in [6.07, 6.45) is 1.04. The van der Waals surface area contributed by atoms with Gasteiger partial charge in [-0.2, -0.15) is 0 Å². The van der Waals surface area contributed by atoms with Gasteiger partial charge in [0, 0.05) is 23.7 Å². The number of carbonyl (C=O) groups is 1. The fourth-order valence-corrected chi connectivity index (χ4v) is 4.04. The van der Waals surface area contributed by atoms with Gasteiger partial charge in [0.2, 0.25) is 5.88 Å². The molecule has 10 nitrogen and oxygen atoms in total. The zero-order valence-corrected chi connectivity index (χ0v) is 23.0. The molecule has 0 atom stereocenters. The normalized spacial score (nSPS) is 11.2. The Hall–Kier alpha value is -4.51. The number of hydrogen-bond acceptors (Lipinski definition) is 8. The second-order valence-corrected chi connectivity index (χ2v) is 10.1. The minimum absolute atomic E-state index is 0.105. The van der Waals surface area contributed by atoms with Gasteiger partial charge in [-0.3, -0.25) is 18.7 Å². The van der Waals surface area contributed by atoms with Crippen LogP contribution in [0.5, 0.6) is 11.6 Å². The number of benzene rings is 1. The maximum Gasteiger partial charge on any atom is 0.332 e. The molecule has 12 heteroatoms. The van der Waals surface area contributed by atoms with Crippen LogP contribution in [0.3, 0.4) is 0 Å². The number of rotatable bonds is 9. The van der Waals surface area contributed by atoms with Crippen LogP contribution in [0.15, 0.2) is 70.4 Å². The SMILES string of the molecule is COC(=O)C(C)(C)Cn1c(=O)cc(Nc2ccc(Oc3ccc(F)cn3)c(C)n2)n(Cc2ccc(Cl)cc2)c1=O. The zero-order chi connectivity index (χ0) is 29.0. The van der Waals surface area contributed by atoms with Crippen LogP contribution in [-0.4, -0.2) is 32.2 Å². The predicted molar refractivity (Wildman–Crippen MR) is 148 cm³/mol. The lowest BCUT2D eigenvalue weighted by Gasteiger charge is -2.23. The van der Waals surface area contributed by atoms with Gasteiger partial charge in [0.05, 0.1) is 31.0 Å². The number of nitrogens with one attached hydrogen (secondary N) is 1. The summed E-state index contributed by atoms with van der Waals surface area (Å²) in [4.78, 5) is 47.4. The molecule has 0 amide bonds. The number of carbonyl (C=O) groups excluding carboxylic acids is 1. The average Bonchev–Trinajstić information content (AvgIpc) is 2.92. The minimum atomic E-state index is -1.13. The number of ether oxygens (including phenoxy) is 2. The second-order valence-electron chi connectivity index (χ2n) is 9.65. The third-order valence-corrected chi connectivity index (χ3v) is 6.28. The molecule has 0 unspecified atom stereocenters. The molecular formula is C28H27ClFN5O5. The number of halogens is 2. The fraction of sp³-hybridized carbons (Fsp3) is 0.250. The van der Waals surface area contributed by atoms with Crippen molar-refractivity contribution in [3.05, 3.63) is 104 Å². The number of pyridine rings is 2. The lowest BCUT2D eigenvalue weighted by atomic mass is 9.93. The minimum Gasteiger partial charge on any atom is -0.469 e. The number of anilines is 2. The third-order valence-electron chi connectivity index (χ3n) is 6.03. The number of hydrogen-bond donors (Lipinski definition) is 1. The Morgan fingerprint density at radius 3 is 2.42 bits per heavy atom. The van der Waals surface area contributed by atoms with Crippen LogP contribution in [0.25, 0.3) is 0 Å². The monoisotopic (exact) mass is 567 g/mol. The van der Waals surface area contributed by atoms with E-state index in [2.05, 4.69) is 15.3 Å². The van der Waals surface area contributed by atoms with Crippen molar-refractivity contribution in [2.45, 2.75) is 33.9 Å². The molecule has 208 valence electrons. The van der Waals surface area contributed by atoms with Crippen molar-refractivity contribution < 1.29 is 18.7 Å². The Morgan fingerprint density at radius 2 is 1.80 bits per heavy atom. The van der Waals surface area contributed by atoms with Gasteiger partial charge in [0.15, 0.2) is 5.75 Å². The van der Waals surface area contributed by atoms with Gasteiger partial charge in [0.1, 0.15) is 17.5 Å². The molecule has 40 heavy (non-hydrogen) atoms. The van der Waals surface area contributed by atoms with Crippen molar-refractivity contribution in [2.75, 3.05) is 12.4 Å². The van der Waals surface area contributed by atoms with E-state index in [0.29, 0.717) is 22.3 Å². The highest BCUT2D eigenvalue weighted by molar-refractivity contribution is 6.30. The molecule has 3 heterocycles. The topological polar surface area (TPSA) is 117 Å². The molecule has 0 radical (unpaired) electrons. The molecule has 0 aliphatic heterocycles. The summed E-state index contributed by atoms with van der Waals surface area (Å²) in [5.41, 5.74) is -1.11. The number of aryl methyl sites for hydroxylation is 1. The molecule has 3 aromatic heterocycles. The zero-order valence-electron chi connectivity index (χ0n) is 22.3.